The van der Waals surface area contributed by atoms with Gasteiger partial charge in [-0.05, 0) is 40.0 Å². The summed E-state index contributed by atoms with van der Waals surface area (Å²) in [4.78, 5) is 2.50. The molecule has 0 saturated carbocycles. The van der Waals surface area contributed by atoms with Crippen LogP contribution in [0.3, 0.4) is 0 Å². The molecule has 1 heterocycles. The molecule has 4 heteroatoms. The molecule has 1 aliphatic rings. The Morgan fingerprint density at radius 2 is 1.85 bits per heavy atom. The lowest BCUT2D eigenvalue weighted by Gasteiger charge is -2.48. The quantitative estimate of drug-likeness (QED) is 0.780. The van der Waals surface area contributed by atoms with Crippen molar-refractivity contribution in [2.45, 2.75) is 64.7 Å². The molecular formula is C16H34N2O2. The molecular weight excluding hydrogens is 252 g/mol. The Labute approximate surface area is 125 Å². The molecule has 120 valence electrons. The number of nitrogens with zero attached hydrogens (tertiary/aromatic N) is 1. The van der Waals surface area contributed by atoms with E-state index >= 15 is 0 Å². The van der Waals surface area contributed by atoms with Crippen LogP contribution in [0.25, 0.3) is 0 Å². The van der Waals surface area contributed by atoms with Crippen molar-refractivity contribution in [2.24, 2.45) is 11.7 Å². The van der Waals surface area contributed by atoms with E-state index in [0.717, 1.165) is 26.1 Å². The van der Waals surface area contributed by atoms with Crippen LogP contribution in [0.2, 0.25) is 0 Å². The van der Waals surface area contributed by atoms with Crippen LogP contribution in [0, 0.1) is 5.92 Å². The maximum absolute atomic E-state index is 6.32. The van der Waals surface area contributed by atoms with Crippen molar-refractivity contribution in [2.75, 3.05) is 33.4 Å². The Bertz CT molecular complexity index is 316. The van der Waals surface area contributed by atoms with Gasteiger partial charge in [-0.2, -0.15) is 0 Å². The van der Waals surface area contributed by atoms with Gasteiger partial charge in [0.2, 0.25) is 0 Å². The Morgan fingerprint density at radius 3 is 2.20 bits per heavy atom. The molecule has 1 saturated heterocycles. The minimum Gasteiger partial charge on any atom is -0.383 e. The molecule has 1 unspecified atom stereocenters. The normalized spacial score (nSPS) is 28.5. The van der Waals surface area contributed by atoms with Crippen LogP contribution < -0.4 is 5.73 Å². The smallest absolute Gasteiger partial charge is 0.0830 e. The molecule has 1 atom stereocenters. The third kappa shape index (κ3) is 3.53. The predicted molar refractivity (Wildman–Crippen MR) is 83.9 cm³/mol. The fourth-order valence-corrected chi connectivity index (χ4v) is 3.80. The van der Waals surface area contributed by atoms with Gasteiger partial charge in [-0.15, -0.1) is 0 Å². The molecule has 0 amide bonds. The molecule has 0 aliphatic carbocycles. The van der Waals surface area contributed by atoms with Gasteiger partial charge in [-0.3, -0.25) is 4.90 Å². The maximum Gasteiger partial charge on any atom is 0.0830 e. The monoisotopic (exact) mass is 286 g/mol. The minimum absolute atomic E-state index is 0.126. The second-order valence-electron chi connectivity index (χ2n) is 7.62. The van der Waals surface area contributed by atoms with Crippen molar-refractivity contribution in [3.63, 3.8) is 0 Å². The lowest BCUT2D eigenvalue weighted by Crippen LogP contribution is -2.64. The summed E-state index contributed by atoms with van der Waals surface area (Å²) in [6, 6.07) is 0. The molecule has 0 radical (unpaired) electrons. The lowest BCUT2D eigenvalue weighted by molar-refractivity contribution is -0.107. The number of hydrogen-bond acceptors (Lipinski definition) is 4. The van der Waals surface area contributed by atoms with Crippen molar-refractivity contribution in [3.05, 3.63) is 0 Å². The first-order valence-electron chi connectivity index (χ1n) is 7.74. The highest BCUT2D eigenvalue weighted by molar-refractivity contribution is 5.13. The summed E-state index contributed by atoms with van der Waals surface area (Å²) < 4.78 is 11.6. The van der Waals surface area contributed by atoms with Crippen LogP contribution in [-0.4, -0.2) is 55.0 Å². The van der Waals surface area contributed by atoms with Gasteiger partial charge < -0.3 is 15.2 Å². The second kappa shape index (κ2) is 6.30. The van der Waals surface area contributed by atoms with E-state index in [1.165, 1.54) is 0 Å². The van der Waals surface area contributed by atoms with Crippen LogP contribution in [0.1, 0.15) is 48.0 Å². The summed E-state index contributed by atoms with van der Waals surface area (Å²) in [5.74, 6) is 0.592. The van der Waals surface area contributed by atoms with Gasteiger partial charge in [0.05, 0.1) is 23.3 Å². The van der Waals surface area contributed by atoms with Crippen molar-refractivity contribution >= 4 is 0 Å². The van der Waals surface area contributed by atoms with E-state index in [4.69, 9.17) is 15.2 Å². The Hall–Kier alpha value is -0.160. The fourth-order valence-electron chi connectivity index (χ4n) is 3.80. The van der Waals surface area contributed by atoms with Gasteiger partial charge in [0.15, 0.2) is 0 Å². The van der Waals surface area contributed by atoms with Gasteiger partial charge in [0, 0.05) is 26.7 Å². The van der Waals surface area contributed by atoms with Crippen molar-refractivity contribution in [1.82, 2.24) is 4.90 Å². The number of ether oxygens (including phenoxy) is 2. The average molecular weight is 286 g/mol. The fraction of sp³-hybridized carbons (Fsp3) is 1.00. The van der Waals surface area contributed by atoms with Crippen LogP contribution in [0.5, 0.6) is 0 Å². The van der Waals surface area contributed by atoms with E-state index in [9.17, 15) is 0 Å². The summed E-state index contributed by atoms with van der Waals surface area (Å²) >= 11 is 0. The van der Waals surface area contributed by atoms with Crippen molar-refractivity contribution in [1.29, 1.82) is 0 Å². The van der Waals surface area contributed by atoms with Gasteiger partial charge in [-0.25, -0.2) is 0 Å². The van der Waals surface area contributed by atoms with E-state index in [1.54, 1.807) is 7.11 Å². The van der Waals surface area contributed by atoms with E-state index in [-0.39, 0.29) is 16.7 Å². The van der Waals surface area contributed by atoms with Gasteiger partial charge in [0.25, 0.3) is 0 Å². The zero-order valence-electron chi connectivity index (χ0n) is 14.5. The molecule has 0 spiro atoms. The van der Waals surface area contributed by atoms with E-state index in [1.807, 2.05) is 0 Å². The molecule has 20 heavy (non-hydrogen) atoms. The summed E-state index contributed by atoms with van der Waals surface area (Å²) in [5, 5.41) is 0. The minimum atomic E-state index is -0.256. The molecule has 1 rings (SSSR count). The number of rotatable bonds is 7. The highest BCUT2D eigenvalue weighted by Crippen LogP contribution is 2.48. The zero-order chi connectivity index (χ0) is 15.6. The van der Waals surface area contributed by atoms with E-state index < -0.39 is 0 Å². The molecule has 1 aliphatic heterocycles. The first kappa shape index (κ1) is 17.9. The first-order valence-corrected chi connectivity index (χ1v) is 7.74. The van der Waals surface area contributed by atoms with Crippen LogP contribution in [0.4, 0.5) is 0 Å². The number of methoxy groups -OCH3 is 1. The van der Waals surface area contributed by atoms with Crippen molar-refractivity contribution in [3.8, 4) is 0 Å². The Balaban J connectivity index is 3.09. The summed E-state index contributed by atoms with van der Waals surface area (Å²) in [5.41, 5.74) is 5.74. The largest absolute Gasteiger partial charge is 0.383 e. The second-order valence-corrected chi connectivity index (χ2v) is 7.62. The highest BCUT2D eigenvalue weighted by Gasteiger charge is 2.59. The first-order chi connectivity index (χ1) is 9.10. The van der Waals surface area contributed by atoms with E-state index in [0.29, 0.717) is 12.5 Å². The van der Waals surface area contributed by atoms with Gasteiger partial charge >= 0.3 is 0 Å². The third-order valence-electron chi connectivity index (χ3n) is 4.46. The van der Waals surface area contributed by atoms with E-state index in [2.05, 4.69) is 46.4 Å². The molecule has 2 N–H and O–H groups in total. The molecule has 1 fully saturated rings. The number of nitrogens with two attached hydrogens (primary N) is 1. The standard InChI is InChI=1S/C16H34N2O2/c1-13(2)10-18(8-9-19-7)16(12-17)11-14(3,4)20-15(16,5)6/h13H,8-12,17H2,1-7H3. The van der Waals surface area contributed by atoms with Gasteiger partial charge in [0.1, 0.15) is 0 Å². The average Bonchev–Trinajstić information content (AvgIpc) is 2.49. The highest BCUT2D eigenvalue weighted by atomic mass is 16.5. The molecule has 0 aromatic carbocycles. The molecule has 0 aromatic rings. The van der Waals surface area contributed by atoms with Gasteiger partial charge in [-0.1, -0.05) is 13.8 Å². The molecule has 0 aromatic heterocycles. The summed E-state index contributed by atoms with van der Waals surface area (Å²) in [6.07, 6.45) is 0.958. The molecule has 4 nitrogen and oxygen atoms in total. The topological polar surface area (TPSA) is 47.7 Å². The third-order valence-corrected chi connectivity index (χ3v) is 4.46. The maximum atomic E-state index is 6.32. The van der Waals surface area contributed by atoms with Crippen LogP contribution in [0.15, 0.2) is 0 Å². The van der Waals surface area contributed by atoms with Crippen LogP contribution in [-0.2, 0) is 9.47 Å². The molecule has 0 bridgehead atoms. The SMILES string of the molecule is COCCN(CC(C)C)C1(CN)CC(C)(C)OC1(C)C. The summed E-state index contributed by atoms with van der Waals surface area (Å²) in [7, 11) is 1.75. The Kier molecular flexibility index (Phi) is 5.64. The van der Waals surface area contributed by atoms with Crippen LogP contribution >= 0.6 is 0 Å². The van der Waals surface area contributed by atoms with Crippen molar-refractivity contribution < 1.29 is 9.47 Å². The Morgan fingerprint density at radius 1 is 1.25 bits per heavy atom. The zero-order valence-corrected chi connectivity index (χ0v) is 14.5. The number of hydrogen-bond donors (Lipinski definition) is 1. The lowest BCUT2D eigenvalue weighted by atomic mass is 9.77. The summed E-state index contributed by atoms with van der Waals surface area (Å²) in [6.45, 7) is 16.4. The predicted octanol–water partition coefficient (Wildman–Crippen LogP) is 2.27.